The molecule has 0 spiro atoms. The van der Waals surface area contributed by atoms with E-state index in [4.69, 9.17) is 15.2 Å². The SMILES string of the molecule is CNc1ccccc1C(=O)O[C@H]1[C@@H](O)[C@H](n2ccc(N)nc2=O)O[C@@H]1CO. The second-order valence-electron chi connectivity index (χ2n) is 5.95. The van der Waals surface area contributed by atoms with E-state index in [-0.39, 0.29) is 11.4 Å². The molecule has 1 aromatic heterocycles. The van der Waals surface area contributed by atoms with Crippen molar-refractivity contribution in [1.82, 2.24) is 9.55 Å². The highest BCUT2D eigenvalue weighted by Gasteiger charge is 2.47. The van der Waals surface area contributed by atoms with E-state index in [1.165, 1.54) is 12.3 Å². The summed E-state index contributed by atoms with van der Waals surface area (Å²) in [6.07, 6.45) is -3.45. The number of para-hydroxylation sites is 1. The number of anilines is 2. The second kappa shape index (κ2) is 7.74. The summed E-state index contributed by atoms with van der Waals surface area (Å²) in [5.74, 6) is -0.677. The minimum Gasteiger partial charge on any atom is -0.453 e. The van der Waals surface area contributed by atoms with Gasteiger partial charge >= 0.3 is 11.7 Å². The number of esters is 1. The number of aromatic nitrogens is 2. The highest BCUT2D eigenvalue weighted by atomic mass is 16.6. The molecule has 2 aromatic rings. The lowest BCUT2D eigenvalue weighted by atomic mass is 10.1. The van der Waals surface area contributed by atoms with Crippen LogP contribution in [0.4, 0.5) is 11.5 Å². The molecule has 0 aliphatic carbocycles. The summed E-state index contributed by atoms with van der Waals surface area (Å²) in [5.41, 5.74) is 5.53. The van der Waals surface area contributed by atoms with Gasteiger partial charge in [-0.2, -0.15) is 4.98 Å². The lowest BCUT2D eigenvalue weighted by Crippen LogP contribution is -2.39. The van der Waals surface area contributed by atoms with Gasteiger partial charge in [0.25, 0.3) is 0 Å². The van der Waals surface area contributed by atoms with Gasteiger partial charge in [0, 0.05) is 18.9 Å². The first kappa shape index (κ1) is 18.8. The first-order valence-corrected chi connectivity index (χ1v) is 8.23. The van der Waals surface area contributed by atoms with E-state index in [9.17, 15) is 19.8 Å². The van der Waals surface area contributed by atoms with E-state index in [1.807, 2.05) is 0 Å². The lowest BCUT2D eigenvalue weighted by molar-refractivity contribution is -0.0562. The van der Waals surface area contributed by atoms with Crippen molar-refractivity contribution in [2.75, 3.05) is 24.7 Å². The quantitative estimate of drug-likeness (QED) is 0.499. The van der Waals surface area contributed by atoms with Crippen molar-refractivity contribution < 1.29 is 24.5 Å². The van der Waals surface area contributed by atoms with Crippen LogP contribution in [0, 0.1) is 0 Å². The van der Waals surface area contributed by atoms with Crippen LogP contribution in [0.15, 0.2) is 41.3 Å². The number of carbonyl (C=O) groups is 1. The molecule has 0 bridgehead atoms. The number of benzene rings is 1. The summed E-state index contributed by atoms with van der Waals surface area (Å²) in [6.45, 7) is -0.518. The molecule has 144 valence electrons. The van der Waals surface area contributed by atoms with Crippen molar-refractivity contribution in [3.05, 3.63) is 52.6 Å². The molecule has 1 aliphatic heterocycles. The third kappa shape index (κ3) is 3.63. The predicted octanol–water partition coefficient (Wildman–Crippen LogP) is -0.657. The number of ether oxygens (including phenoxy) is 2. The maximum Gasteiger partial charge on any atom is 0.351 e. The highest BCUT2D eigenvalue weighted by Crippen LogP contribution is 2.31. The molecule has 1 aliphatic rings. The maximum atomic E-state index is 12.5. The van der Waals surface area contributed by atoms with Crippen molar-refractivity contribution in [3.63, 3.8) is 0 Å². The van der Waals surface area contributed by atoms with E-state index in [2.05, 4.69) is 10.3 Å². The van der Waals surface area contributed by atoms with Crippen LogP contribution in [0.3, 0.4) is 0 Å². The first-order valence-electron chi connectivity index (χ1n) is 8.23. The molecular formula is C17H20N4O6. The summed E-state index contributed by atoms with van der Waals surface area (Å²) in [5, 5.41) is 23.0. The fourth-order valence-corrected chi connectivity index (χ4v) is 2.93. The molecule has 10 nitrogen and oxygen atoms in total. The Morgan fingerprint density at radius 3 is 2.81 bits per heavy atom. The summed E-state index contributed by atoms with van der Waals surface area (Å²) in [6, 6.07) is 8.06. The zero-order chi connectivity index (χ0) is 19.6. The third-order valence-corrected chi connectivity index (χ3v) is 4.27. The predicted molar refractivity (Wildman–Crippen MR) is 95.1 cm³/mol. The number of rotatable bonds is 5. The number of nitrogens with one attached hydrogen (secondary N) is 1. The molecule has 2 heterocycles. The highest BCUT2D eigenvalue weighted by molar-refractivity contribution is 5.95. The Labute approximate surface area is 154 Å². The van der Waals surface area contributed by atoms with Gasteiger partial charge in [-0.1, -0.05) is 12.1 Å². The fourth-order valence-electron chi connectivity index (χ4n) is 2.93. The fraction of sp³-hybridized carbons (Fsp3) is 0.353. The van der Waals surface area contributed by atoms with E-state index >= 15 is 0 Å². The van der Waals surface area contributed by atoms with Gasteiger partial charge in [0.05, 0.1) is 12.2 Å². The Morgan fingerprint density at radius 2 is 2.15 bits per heavy atom. The molecule has 4 atom stereocenters. The number of nitrogens with zero attached hydrogens (tertiary/aromatic N) is 2. The number of hydrogen-bond acceptors (Lipinski definition) is 9. The van der Waals surface area contributed by atoms with Crippen LogP contribution in [-0.4, -0.2) is 57.7 Å². The van der Waals surface area contributed by atoms with E-state index < -0.39 is 42.8 Å². The number of aliphatic hydroxyl groups is 2. The monoisotopic (exact) mass is 376 g/mol. The molecule has 0 unspecified atom stereocenters. The summed E-state index contributed by atoms with van der Waals surface area (Å²) >= 11 is 0. The van der Waals surface area contributed by atoms with Gasteiger partial charge in [0.15, 0.2) is 12.3 Å². The van der Waals surface area contributed by atoms with Gasteiger partial charge in [-0.05, 0) is 18.2 Å². The Balaban J connectivity index is 1.84. The molecular weight excluding hydrogens is 356 g/mol. The van der Waals surface area contributed by atoms with Crippen molar-refractivity contribution in [3.8, 4) is 0 Å². The molecule has 1 saturated heterocycles. The minimum atomic E-state index is -1.39. The third-order valence-electron chi connectivity index (χ3n) is 4.27. The van der Waals surface area contributed by atoms with Gasteiger partial charge < -0.3 is 30.7 Å². The first-order chi connectivity index (χ1) is 13.0. The van der Waals surface area contributed by atoms with Crippen molar-refractivity contribution in [1.29, 1.82) is 0 Å². The largest absolute Gasteiger partial charge is 0.453 e. The van der Waals surface area contributed by atoms with Crippen LogP contribution in [-0.2, 0) is 9.47 Å². The Bertz CT molecular complexity index is 886. The smallest absolute Gasteiger partial charge is 0.351 e. The zero-order valence-electron chi connectivity index (χ0n) is 14.5. The molecule has 3 rings (SSSR count). The number of nitrogen functional groups attached to an aromatic ring is 1. The normalized spacial score (nSPS) is 24.6. The summed E-state index contributed by atoms with van der Waals surface area (Å²) < 4.78 is 11.9. The van der Waals surface area contributed by atoms with Crippen molar-refractivity contribution >= 4 is 17.5 Å². The number of hydrogen-bond donors (Lipinski definition) is 4. The number of nitrogens with two attached hydrogens (primary N) is 1. The minimum absolute atomic E-state index is 0.0223. The van der Waals surface area contributed by atoms with Crippen molar-refractivity contribution in [2.24, 2.45) is 0 Å². The number of aliphatic hydroxyl groups excluding tert-OH is 2. The summed E-state index contributed by atoms with van der Waals surface area (Å²) in [4.78, 5) is 28.1. The standard InChI is InChI=1S/C17H20N4O6/c1-19-10-5-3-2-4-9(10)16(24)27-14-11(8-22)26-15(13(14)23)21-7-6-12(18)20-17(21)25/h2-7,11,13-15,19,22-23H,8H2,1H3,(H2,18,20,25)/t11-,13-,14-,15-/m1/s1. The molecule has 1 fully saturated rings. The second-order valence-corrected chi connectivity index (χ2v) is 5.95. The van der Waals surface area contributed by atoms with Crippen LogP contribution in [0.1, 0.15) is 16.6 Å². The molecule has 27 heavy (non-hydrogen) atoms. The average Bonchev–Trinajstić information content (AvgIpc) is 2.97. The Hall–Kier alpha value is -2.95. The number of carbonyl (C=O) groups excluding carboxylic acids is 1. The maximum absolute atomic E-state index is 12.5. The molecule has 10 heteroatoms. The lowest BCUT2D eigenvalue weighted by Gasteiger charge is -2.20. The average molecular weight is 376 g/mol. The van der Waals surface area contributed by atoms with E-state index in [0.717, 1.165) is 4.57 Å². The molecule has 0 saturated carbocycles. The molecule has 1 aromatic carbocycles. The van der Waals surface area contributed by atoms with Crippen LogP contribution in [0.2, 0.25) is 0 Å². The van der Waals surface area contributed by atoms with Gasteiger partial charge in [-0.25, -0.2) is 9.59 Å². The van der Waals surface area contributed by atoms with Crippen LogP contribution in [0.25, 0.3) is 0 Å². The molecule has 0 radical (unpaired) electrons. The van der Waals surface area contributed by atoms with Gasteiger partial charge in [0.1, 0.15) is 18.0 Å². The Morgan fingerprint density at radius 1 is 1.41 bits per heavy atom. The topological polar surface area (TPSA) is 149 Å². The van der Waals surface area contributed by atoms with Gasteiger partial charge in [-0.15, -0.1) is 0 Å². The van der Waals surface area contributed by atoms with Crippen LogP contribution in [0.5, 0.6) is 0 Å². The van der Waals surface area contributed by atoms with Crippen LogP contribution < -0.4 is 16.7 Å². The zero-order valence-corrected chi connectivity index (χ0v) is 14.5. The molecule has 0 amide bonds. The molecule has 5 N–H and O–H groups in total. The Kier molecular flexibility index (Phi) is 5.40. The van der Waals surface area contributed by atoms with E-state index in [0.29, 0.717) is 5.69 Å². The van der Waals surface area contributed by atoms with Crippen molar-refractivity contribution in [2.45, 2.75) is 24.5 Å². The summed E-state index contributed by atoms with van der Waals surface area (Å²) in [7, 11) is 1.66. The van der Waals surface area contributed by atoms with E-state index in [1.54, 1.807) is 31.3 Å². The van der Waals surface area contributed by atoms with Gasteiger partial charge in [-0.3, -0.25) is 4.57 Å². The van der Waals surface area contributed by atoms with Crippen LogP contribution >= 0.6 is 0 Å². The van der Waals surface area contributed by atoms with Gasteiger partial charge in [0.2, 0.25) is 0 Å².